The molecule has 0 aliphatic heterocycles. The van der Waals surface area contributed by atoms with E-state index < -0.39 is 17.2 Å². The third kappa shape index (κ3) is 5.68. The van der Waals surface area contributed by atoms with Gasteiger partial charge in [0.1, 0.15) is 11.2 Å². The van der Waals surface area contributed by atoms with Crippen LogP contribution in [0.3, 0.4) is 0 Å². The minimum absolute atomic E-state index is 0.00851. The van der Waals surface area contributed by atoms with Crippen molar-refractivity contribution in [3.63, 3.8) is 0 Å². The SMILES string of the molecule is CC(=O)NC(C)(C)C=Cn1ncc(C(=O)NC2C3CC4CC2CC(OC(N)=O)(C4)C3)c1OCC(C)C. The van der Waals surface area contributed by atoms with Crippen LogP contribution >= 0.6 is 0 Å². The van der Waals surface area contributed by atoms with Gasteiger partial charge in [0.25, 0.3) is 5.91 Å². The van der Waals surface area contributed by atoms with E-state index >= 15 is 0 Å². The van der Waals surface area contributed by atoms with E-state index in [1.165, 1.54) is 17.8 Å². The minimum Gasteiger partial charge on any atom is -0.477 e. The predicted octanol–water partition coefficient (Wildman–Crippen LogP) is 3.08. The molecule has 4 aliphatic rings. The Balaban J connectivity index is 1.52. The van der Waals surface area contributed by atoms with Crippen molar-refractivity contribution in [1.29, 1.82) is 0 Å². The van der Waals surface area contributed by atoms with Gasteiger partial charge in [-0.3, -0.25) is 9.59 Å². The monoisotopic (exact) mass is 501 g/mol. The molecular formula is C26H39N5O5. The number of nitrogens with zero attached hydrogens (tertiary/aromatic N) is 2. The van der Waals surface area contributed by atoms with E-state index in [2.05, 4.69) is 15.7 Å². The lowest BCUT2D eigenvalue weighted by Crippen LogP contribution is -2.63. The van der Waals surface area contributed by atoms with Gasteiger partial charge in [-0.1, -0.05) is 13.8 Å². The molecule has 198 valence electrons. The van der Waals surface area contributed by atoms with Crippen LogP contribution in [0, 0.1) is 23.7 Å². The number of primary amides is 1. The molecule has 1 heterocycles. The summed E-state index contributed by atoms with van der Waals surface area (Å²) in [6, 6.07) is 0.00851. The number of aromatic nitrogens is 2. The molecule has 36 heavy (non-hydrogen) atoms. The zero-order valence-electron chi connectivity index (χ0n) is 21.9. The molecule has 0 spiro atoms. The van der Waals surface area contributed by atoms with E-state index in [4.69, 9.17) is 15.2 Å². The first kappa shape index (κ1) is 26.0. The summed E-state index contributed by atoms with van der Waals surface area (Å²) < 4.78 is 13.2. The summed E-state index contributed by atoms with van der Waals surface area (Å²) in [7, 11) is 0. The van der Waals surface area contributed by atoms with Gasteiger partial charge in [0, 0.05) is 19.2 Å². The fraction of sp³-hybridized carbons (Fsp3) is 0.692. The second-order valence-corrected chi connectivity index (χ2v) is 11.8. The Bertz CT molecular complexity index is 1030. The predicted molar refractivity (Wildman–Crippen MR) is 134 cm³/mol. The van der Waals surface area contributed by atoms with Crippen LogP contribution in [0.15, 0.2) is 12.3 Å². The number of nitrogens with one attached hydrogen (secondary N) is 2. The highest BCUT2D eigenvalue weighted by molar-refractivity contribution is 5.96. The van der Waals surface area contributed by atoms with Gasteiger partial charge in [0.2, 0.25) is 11.8 Å². The van der Waals surface area contributed by atoms with Crippen molar-refractivity contribution in [3.8, 4) is 5.88 Å². The highest BCUT2D eigenvalue weighted by Crippen LogP contribution is 2.57. The van der Waals surface area contributed by atoms with E-state index in [0.717, 1.165) is 32.1 Å². The summed E-state index contributed by atoms with van der Waals surface area (Å²) in [6.45, 7) is 9.71. The van der Waals surface area contributed by atoms with Gasteiger partial charge < -0.3 is 25.8 Å². The molecule has 10 nitrogen and oxygen atoms in total. The largest absolute Gasteiger partial charge is 0.477 e. The second kappa shape index (κ2) is 9.78. The van der Waals surface area contributed by atoms with Crippen molar-refractivity contribution in [2.45, 2.75) is 83.9 Å². The molecule has 4 saturated carbocycles. The number of nitrogens with two attached hydrogens (primary N) is 1. The van der Waals surface area contributed by atoms with Gasteiger partial charge in [-0.05, 0) is 75.7 Å². The lowest BCUT2D eigenvalue weighted by molar-refractivity contribution is -0.137. The van der Waals surface area contributed by atoms with Crippen molar-refractivity contribution in [2.24, 2.45) is 29.4 Å². The van der Waals surface area contributed by atoms with E-state index in [0.29, 0.717) is 24.0 Å². The normalized spacial score (nSPS) is 28.9. The Morgan fingerprint density at radius 2 is 1.92 bits per heavy atom. The zero-order valence-corrected chi connectivity index (χ0v) is 21.9. The lowest BCUT2D eigenvalue weighted by Gasteiger charge is -2.58. The third-order valence-electron chi connectivity index (χ3n) is 7.51. The molecule has 3 amide bonds. The van der Waals surface area contributed by atoms with Crippen molar-refractivity contribution < 1.29 is 23.9 Å². The van der Waals surface area contributed by atoms with Crippen molar-refractivity contribution in [2.75, 3.05) is 6.61 Å². The Labute approximate surface area is 212 Å². The number of hydrogen-bond donors (Lipinski definition) is 3. The molecule has 4 aliphatic carbocycles. The molecule has 0 saturated heterocycles. The summed E-state index contributed by atoms with van der Waals surface area (Å²) >= 11 is 0. The summed E-state index contributed by atoms with van der Waals surface area (Å²) in [5.74, 6) is 1.25. The second-order valence-electron chi connectivity index (χ2n) is 11.8. The van der Waals surface area contributed by atoms with Crippen molar-refractivity contribution >= 4 is 24.1 Å². The molecule has 4 bridgehead atoms. The Morgan fingerprint density at radius 3 is 2.50 bits per heavy atom. The van der Waals surface area contributed by atoms with Gasteiger partial charge in [-0.25, -0.2) is 9.48 Å². The molecule has 4 fully saturated rings. The standard InChI is InChI=1S/C26H39N5O5/c1-15(2)14-35-23-20(13-28-31(23)7-6-25(4,5)30-16(3)32)22(33)29-21-18-8-17-9-19(21)12-26(10-17,11-18)36-24(27)34/h6-7,13,15,17-19,21H,8-12,14H2,1-5H3,(H2,27,34)(H,29,33)(H,30,32). The first-order valence-corrected chi connectivity index (χ1v) is 12.8. The Kier molecular flexibility index (Phi) is 7.07. The Morgan fingerprint density at radius 1 is 1.25 bits per heavy atom. The lowest BCUT2D eigenvalue weighted by atomic mass is 9.52. The van der Waals surface area contributed by atoms with Crippen LogP contribution in [0.4, 0.5) is 4.79 Å². The molecule has 10 heteroatoms. The number of ether oxygens (including phenoxy) is 2. The summed E-state index contributed by atoms with van der Waals surface area (Å²) in [6.07, 6.45) is 8.67. The van der Waals surface area contributed by atoms with Gasteiger partial charge in [0.15, 0.2) is 0 Å². The first-order chi connectivity index (χ1) is 16.9. The molecule has 1 aromatic rings. The molecule has 5 rings (SSSR count). The number of carbonyl (C=O) groups excluding carboxylic acids is 3. The van der Waals surface area contributed by atoms with E-state index in [1.54, 1.807) is 12.3 Å². The molecule has 0 aromatic carbocycles. The van der Waals surface area contributed by atoms with Crippen LogP contribution in [0.1, 0.15) is 77.1 Å². The fourth-order valence-corrected chi connectivity index (χ4v) is 6.51. The molecule has 2 atom stereocenters. The van der Waals surface area contributed by atoms with Crippen LogP contribution in [0.2, 0.25) is 0 Å². The van der Waals surface area contributed by atoms with Crippen LogP contribution in [-0.4, -0.2) is 51.5 Å². The van der Waals surface area contributed by atoms with E-state index in [1.807, 2.05) is 27.7 Å². The van der Waals surface area contributed by atoms with Crippen LogP contribution in [-0.2, 0) is 9.53 Å². The molecule has 4 N–H and O–H groups in total. The van der Waals surface area contributed by atoms with Crippen molar-refractivity contribution in [1.82, 2.24) is 20.4 Å². The maximum Gasteiger partial charge on any atom is 0.405 e. The average Bonchev–Trinajstić information content (AvgIpc) is 3.14. The maximum atomic E-state index is 13.5. The third-order valence-corrected chi connectivity index (χ3v) is 7.51. The minimum atomic E-state index is -0.716. The van der Waals surface area contributed by atoms with E-state index in [9.17, 15) is 14.4 Å². The summed E-state index contributed by atoms with van der Waals surface area (Å²) in [4.78, 5) is 36.5. The highest BCUT2D eigenvalue weighted by atomic mass is 16.6. The van der Waals surface area contributed by atoms with Gasteiger partial charge in [-0.15, -0.1) is 0 Å². The quantitative estimate of drug-likeness (QED) is 0.475. The molecule has 2 unspecified atom stereocenters. The van der Waals surface area contributed by atoms with Crippen LogP contribution < -0.4 is 21.1 Å². The molecule has 0 radical (unpaired) electrons. The molecular weight excluding hydrogens is 462 g/mol. The van der Waals surface area contributed by atoms with Gasteiger partial charge >= 0.3 is 6.09 Å². The number of carbonyl (C=O) groups is 3. The first-order valence-electron chi connectivity index (χ1n) is 12.8. The van der Waals surface area contributed by atoms with E-state index in [-0.39, 0.29) is 35.6 Å². The number of hydrogen-bond acceptors (Lipinski definition) is 6. The van der Waals surface area contributed by atoms with Gasteiger partial charge in [-0.2, -0.15) is 5.10 Å². The summed E-state index contributed by atoms with van der Waals surface area (Å²) in [5, 5.41) is 10.5. The van der Waals surface area contributed by atoms with Crippen LogP contribution in [0.5, 0.6) is 5.88 Å². The summed E-state index contributed by atoms with van der Waals surface area (Å²) in [5.41, 5.74) is 4.66. The van der Waals surface area contributed by atoms with Crippen molar-refractivity contribution in [3.05, 3.63) is 17.8 Å². The molecule has 1 aromatic heterocycles. The van der Waals surface area contributed by atoms with Crippen LogP contribution in [0.25, 0.3) is 6.20 Å². The number of rotatable bonds is 9. The zero-order chi connectivity index (χ0) is 26.3. The average molecular weight is 502 g/mol. The topological polar surface area (TPSA) is 138 Å². The fourth-order valence-electron chi connectivity index (χ4n) is 6.51. The Hall–Kier alpha value is -3.04. The number of amides is 3. The maximum absolute atomic E-state index is 13.5. The smallest absolute Gasteiger partial charge is 0.405 e. The van der Waals surface area contributed by atoms with Gasteiger partial charge in [0.05, 0.1) is 18.3 Å². The highest BCUT2D eigenvalue weighted by Gasteiger charge is 2.57.